The second-order valence-corrected chi connectivity index (χ2v) is 5.78. The van der Waals surface area contributed by atoms with Gasteiger partial charge in [-0.3, -0.25) is 4.79 Å². The van der Waals surface area contributed by atoms with Crippen LogP contribution < -0.4 is 0 Å². The molecule has 0 N–H and O–H groups in total. The number of allylic oxidation sites excluding steroid dienone is 1. The molecular formula is C17H28O5. The highest BCUT2D eigenvalue weighted by Crippen LogP contribution is 2.18. The zero-order chi connectivity index (χ0) is 15.5. The Morgan fingerprint density at radius 1 is 1.09 bits per heavy atom. The topological polar surface area (TPSA) is 54.0 Å². The Morgan fingerprint density at radius 2 is 1.86 bits per heavy atom. The number of carbonyl (C=O) groups is 1. The molecule has 0 amide bonds. The molecule has 5 nitrogen and oxygen atoms in total. The van der Waals surface area contributed by atoms with E-state index < -0.39 is 0 Å². The molecule has 2 aliphatic heterocycles. The first kappa shape index (κ1) is 17.3. The summed E-state index contributed by atoms with van der Waals surface area (Å²) in [4.78, 5) is 10.9. The van der Waals surface area contributed by atoms with Crippen LogP contribution in [0.3, 0.4) is 0 Å². The van der Waals surface area contributed by atoms with Crippen LogP contribution in [0.1, 0.15) is 51.4 Å². The van der Waals surface area contributed by atoms with Crippen LogP contribution in [-0.2, 0) is 23.7 Å². The van der Waals surface area contributed by atoms with E-state index in [1.54, 1.807) is 0 Å². The van der Waals surface area contributed by atoms with E-state index in [1.807, 2.05) is 0 Å². The summed E-state index contributed by atoms with van der Waals surface area (Å²) in [5.41, 5.74) is 0. The Bertz CT molecular complexity index is 353. The lowest BCUT2D eigenvalue weighted by atomic mass is 10.1. The zero-order valence-corrected chi connectivity index (χ0v) is 13.4. The van der Waals surface area contributed by atoms with Gasteiger partial charge in [0.25, 0.3) is 0 Å². The molecule has 0 radical (unpaired) electrons. The highest BCUT2D eigenvalue weighted by molar-refractivity contribution is 5.71. The molecule has 0 aromatic heterocycles. The van der Waals surface area contributed by atoms with E-state index in [-0.39, 0.29) is 12.1 Å². The van der Waals surface area contributed by atoms with Gasteiger partial charge in [-0.25, -0.2) is 0 Å². The molecule has 0 saturated carbocycles. The summed E-state index contributed by atoms with van der Waals surface area (Å²) in [6.45, 7) is 3.85. The van der Waals surface area contributed by atoms with Gasteiger partial charge in [0.15, 0.2) is 0 Å². The molecule has 0 aromatic rings. The van der Waals surface area contributed by atoms with Gasteiger partial charge in [0.1, 0.15) is 6.10 Å². The molecule has 2 rings (SSSR count). The predicted octanol–water partition coefficient (Wildman–Crippen LogP) is 2.98. The van der Waals surface area contributed by atoms with E-state index in [1.165, 1.54) is 0 Å². The maximum atomic E-state index is 10.9. The number of cyclic esters (lactones) is 1. The normalized spacial score (nSPS) is 20.8. The molecule has 2 aliphatic rings. The molecule has 0 bridgehead atoms. The van der Waals surface area contributed by atoms with Crippen molar-refractivity contribution in [2.45, 2.75) is 57.5 Å². The van der Waals surface area contributed by atoms with Crippen molar-refractivity contribution in [2.24, 2.45) is 0 Å². The summed E-state index contributed by atoms with van der Waals surface area (Å²) in [5.74, 6) is 1.07. The second kappa shape index (κ2) is 10.6. The van der Waals surface area contributed by atoms with Gasteiger partial charge in [-0.05, 0) is 38.2 Å². The quantitative estimate of drug-likeness (QED) is 0.409. The number of ether oxygens (including phenoxy) is 4. The Balaban J connectivity index is 1.28. The van der Waals surface area contributed by atoms with E-state index in [9.17, 15) is 4.79 Å². The van der Waals surface area contributed by atoms with Crippen molar-refractivity contribution >= 4 is 5.97 Å². The number of rotatable bonds is 12. The Morgan fingerprint density at radius 3 is 2.55 bits per heavy atom. The van der Waals surface area contributed by atoms with Crippen LogP contribution >= 0.6 is 0 Å². The van der Waals surface area contributed by atoms with Crippen LogP contribution in [0, 0.1) is 0 Å². The SMILES string of the molecule is O=C1CCC(CCCOCCCOCCCC2=CCCO2)O1. The van der Waals surface area contributed by atoms with Crippen molar-refractivity contribution in [1.82, 2.24) is 0 Å². The smallest absolute Gasteiger partial charge is 0.306 e. The Kier molecular flexibility index (Phi) is 8.35. The van der Waals surface area contributed by atoms with Crippen molar-refractivity contribution in [1.29, 1.82) is 0 Å². The molecular weight excluding hydrogens is 284 g/mol. The van der Waals surface area contributed by atoms with Crippen LogP contribution in [0.5, 0.6) is 0 Å². The first-order chi connectivity index (χ1) is 10.8. The lowest BCUT2D eigenvalue weighted by Crippen LogP contribution is -2.09. The van der Waals surface area contributed by atoms with Gasteiger partial charge >= 0.3 is 5.97 Å². The Labute approximate surface area is 132 Å². The number of hydrogen-bond donors (Lipinski definition) is 0. The fraction of sp³-hybridized carbons (Fsp3) is 0.824. The van der Waals surface area contributed by atoms with Crippen LogP contribution in [0.15, 0.2) is 11.8 Å². The van der Waals surface area contributed by atoms with Gasteiger partial charge in [-0.2, -0.15) is 0 Å². The van der Waals surface area contributed by atoms with E-state index in [2.05, 4.69) is 6.08 Å². The zero-order valence-electron chi connectivity index (χ0n) is 13.4. The molecule has 5 heteroatoms. The van der Waals surface area contributed by atoms with Gasteiger partial charge in [0, 0.05) is 45.7 Å². The first-order valence-electron chi connectivity index (χ1n) is 8.51. The van der Waals surface area contributed by atoms with Gasteiger partial charge in [-0.1, -0.05) is 0 Å². The summed E-state index contributed by atoms with van der Waals surface area (Å²) < 4.78 is 21.7. The molecule has 0 spiro atoms. The molecule has 1 atom stereocenters. The third kappa shape index (κ3) is 7.27. The predicted molar refractivity (Wildman–Crippen MR) is 82.5 cm³/mol. The highest BCUT2D eigenvalue weighted by atomic mass is 16.5. The largest absolute Gasteiger partial charge is 0.498 e. The molecule has 1 unspecified atom stereocenters. The lowest BCUT2D eigenvalue weighted by Gasteiger charge is -2.09. The summed E-state index contributed by atoms with van der Waals surface area (Å²) in [6, 6.07) is 0. The van der Waals surface area contributed by atoms with Crippen LogP contribution in [-0.4, -0.2) is 45.1 Å². The fourth-order valence-corrected chi connectivity index (χ4v) is 2.66. The summed E-state index contributed by atoms with van der Waals surface area (Å²) >= 11 is 0. The molecule has 1 saturated heterocycles. The monoisotopic (exact) mass is 312 g/mol. The average Bonchev–Trinajstić information content (AvgIpc) is 3.16. The molecule has 2 heterocycles. The van der Waals surface area contributed by atoms with Crippen molar-refractivity contribution in [3.8, 4) is 0 Å². The molecule has 126 valence electrons. The van der Waals surface area contributed by atoms with E-state index in [0.717, 1.165) is 83.7 Å². The van der Waals surface area contributed by atoms with Gasteiger partial charge in [0.2, 0.25) is 0 Å². The number of esters is 1. The summed E-state index contributed by atoms with van der Waals surface area (Å²) in [6.07, 6.45) is 9.59. The second-order valence-electron chi connectivity index (χ2n) is 5.78. The molecule has 0 aliphatic carbocycles. The highest BCUT2D eigenvalue weighted by Gasteiger charge is 2.22. The van der Waals surface area contributed by atoms with Crippen LogP contribution in [0.4, 0.5) is 0 Å². The first-order valence-corrected chi connectivity index (χ1v) is 8.51. The van der Waals surface area contributed by atoms with Gasteiger partial charge in [0.05, 0.1) is 12.4 Å². The summed E-state index contributed by atoms with van der Waals surface area (Å²) in [5, 5.41) is 0. The van der Waals surface area contributed by atoms with Crippen molar-refractivity contribution in [3.63, 3.8) is 0 Å². The minimum absolute atomic E-state index is 0.0566. The van der Waals surface area contributed by atoms with Gasteiger partial charge < -0.3 is 18.9 Å². The van der Waals surface area contributed by atoms with Crippen LogP contribution in [0.25, 0.3) is 0 Å². The fourth-order valence-electron chi connectivity index (χ4n) is 2.66. The van der Waals surface area contributed by atoms with E-state index in [0.29, 0.717) is 6.42 Å². The van der Waals surface area contributed by atoms with E-state index >= 15 is 0 Å². The minimum Gasteiger partial charge on any atom is -0.498 e. The third-order valence-electron chi connectivity index (χ3n) is 3.85. The van der Waals surface area contributed by atoms with Crippen molar-refractivity contribution in [2.75, 3.05) is 33.0 Å². The van der Waals surface area contributed by atoms with Crippen molar-refractivity contribution < 1.29 is 23.7 Å². The molecule has 22 heavy (non-hydrogen) atoms. The lowest BCUT2D eigenvalue weighted by molar-refractivity contribution is -0.141. The summed E-state index contributed by atoms with van der Waals surface area (Å²) in [7, 11) is 0. The number of carbonyl (C=O) groups excluding carboxylic acids is 1. The van der Waals surface area contributed by atoms with Crippen molar-refractivity contribution in [3.05, 3.63) is 11.8 Å². The Hall–Kier alpha value is -1.07. The standard InChI is InChI=1S/C17H28O5/c18-17-9-8-16(22-17)7-2-11-20-13-4-12-19-10-1-5-15-6-3-14-21-15/h6,16H,1-5,7-14H2. The minimum atomic E-state index is -0.0566. The van der Waals surface area contributed by atoms with Crippen LogP contribution in [0.2, 0.25) is 0 Å². The molecule has 1 fully saturated rings. The molecule has 0 aromatic carbocycles. The van der Waals surface area contributed by atoms with E-state index in [4.69, 9.17) is 18.9 Å². The maximum Gasteiger partial charge on any atom is 0.306 e. The average molecular weight is 312 g/mol. The third-order valence-corrected chi connectivity index (χ3v) is 3.85. The van der Waals surface area contributed by atoms with Gasteiger partial charge in [-0.15, -0.1) is 0 Å². The number of hydrogen-bond acceptors (Lipinski definition) is 5. The maximum absolute atomic E-state index is 10.9.